The Morgan fingerprint density at radius 3 is 1.20 bits per heavy atom. The van der Waals surface area contributed by atoms with E-state index < -0.39 is 29.8 Å². The second-order valence-electron chi connectivity index (χ2n) is 22.0. The van der Waals surface area contributed by atoms with Gasteiger partial charge in [0.1, 0.15) is 37.3 Å². The highest BCUT2D eigenvalue weighted by Gasteiger charge is 2.17. The van der Waals surface area contributed by atoms with Gasteiger partial charge in [-0.15, -0.1) is 6.10 Å². The molecule has 1 atom stereocenters. The molecule has 0 aromatic carbocycles. The van der Waals surface area contributed by atoms with Crippen molar-refractivity contribution in [2.45, 2.75) is 133 Å². The average Bonchev–Trinajstić information content (AvgIpc) is 3.15. The van der Waals surface area contributed by atoms with Gasteiger partial charge >= 0.3 is 0 Å². The van der Waals surface area contributed by atoms with E-state index in [1.54, 1.807) is 21.0 Å². The molecule has 0 N–H and O–H groups in total. The Labute approximate surface area is 436 Å². The monoisotopic (exact) mass is 1080 g/mol. The van der Waals surface area contributed by atoms with Crippen LogP contribution in [0, 0.1) is 0 Å². The van der Waals surface area contributed by atoms with Crippen LogP contribution >= 0.6 is 7.60 Å². The number of likely N-dealkylation sites (N-methyl/N-ethyl adjacent to an activating group) is 3. The molecule has 0 aliphatic heterocycles. The lowest BCUT2D eigenvalue weighted by molar-refractivity contribution is -0.890. The van der Waals surface area contributed by atoms with Crippen LogP contribution in [0.2, 0.25) is 0 Å². The van der Waals surface area contributed by atoms with Crippen molar-refractivity contribution in [1.82, 2.24) is 0 Å². The van der Waals surface area contributed by atoms with E-state index in [9.17, 15) is 37.4 Å². The highest BCUT2D eigenvalue weighted by molar-refractivity contribution is 7.85. The number of ether oxygens (including phenoxy) is 7. The first-order valence-electron chi connectivity index (χ1n) is 25.1. The van der Waals surface area contributed by atoms with Crippen molar-refractivity contribution in [1.29, 1.82) is 0 Å². The van der Waals surface area contributed by atoms with Crippen LogP contribution in [0.15, 0.2) is 0 Å². The van der Waals surface area contributed by atoms with E-state index >= 15 is 0 Å². The van der Waals surface area contributed by atoms with Gasteiger partial charge < -0.3 is 84.6 Å². The highest BCUT2D eigenvalue weighted by Crippen LogP contribution is 2.37. The summed E-state index contributed by atoms with van der Waals surface area (Å²) in [6.45, 7) is 32.5. The maximum atomic E-state index is 11.5. The summed E-state index contributed by atoms with van der Waals surface area (Å²) >= 11 is 0. The zero-order valence-electron chi connectivity index (χ0n) is 49.6. The van der Waals surface area contributed by atoms with Crippen LogP contribution in [0.3, 0.4) is 0 Å². The molecule has 0 amide bonds. The van der Waals surface area contributed by atoms with Gasteiger partial charge in [-0.1, -0.05) is 13.8 Å². The van der Waals surface area contributed by atoms with Crippen molar-refractivity contribution in [2.24, 2.45) is 0 Å². The molecular weight excluding hydrogens is 964 g/mol. The number of carbonyl (C=O) groups excluding carboxylic acids is 1. The molecule has 71 heavy (non-hydrogen) atoms. The average molecular weight is 1080 g/mol. The van der Waals surface area contributed by atoms with E-state index in [4.69, 9.17) is 37.7 Å². The van der Waals surface area contributed by atoms with Crippen molar-refractivity contribution in [3.05, 3.63) is 0 Å². The zero-order valence-corrected chi connectivity index (χ0v) is 51.3. The number of methoxy groups -OCH3 is 1. The van der Waals surface area contributed by atoms with Crippen molar-refractivity contribution in [2.75, 3.05) is 188 Å². The summed E-state index contributed by atoms with van der Waals surface area (Å²) in [4.78, 5) is 21.8. The van der Waals surface area contributed by atoms with E-state index in [0.29, 0.717) is 93.5 Å². The van der Waals surface area contributed by atoms with Gasteiger partial charge in [-0.2, -0.15) is 0 Å². The molecule has 0 heterocycles. The molecule has 0 spiro atoms. The molecule has 0 saturated carbocycles. The van der Waals surface area contributed by atoms with E-state index in [1.807, 2.05) is 105 Å². The molecule has 1 unspecified atom stereocenters. The lowest BCUT2D eigenvalue weighted by Crippen LogP contribution is -2.45. The lowest BCUT2D eigenvalue weighted by atomic mass is 10.3. The first kappa shape index (κ1) is 81.4. The van der Waals surface area contributed by atoms with Gasteiger partial charge in [0, 0.05) is 32.1 Å². The van der Waals surface area contributed by atoms with Crippen LogP contribution in [0.1, 0.15) is 95.9 Å². The fourth-order valence-corrected chi connectivity index (χ4v) is 6.19. The number of hydrogen-bond donors (Lipinski definition) is 0. The molecule has 20 nitrogen and oxygen atoms in total. The van der Waals surface area contributed by atoms with Gasteiger partial charge in [0.2, 0.25) is 0 Å². The second kappa shape index (κ2) is 46.4. The molecule has 0 aromatic rings. The minimum Gasteiger partial charge on any atom is -0.852 e. The number of carbonyl (C=O) groups is 1. The maximum Gasteiger partial charge on any atom is 0.135 e. The molecule has 0 saturated heterocycles. The second-order valence-corrected chi connectivity index (χ2v) is 25.4. The molecule has 22 heteroatoms. The topological polar surface area (TPSA) is 234 Å². The molecule has 0 fully saturated rings. The van der Waals surface area contributed by atoms with Crippen molar-refractivity contribution >= 4 is 23.7 Å². The van der Waals surface area contributed by atoms with Crippen molar-refractivity contribution < 1.29 is 93.1 Å². The van der Waals surface area contributed by atoms with Crippen LogP contribution in [0.25, 0.3) is 0 Å². The Bertz CT molecular complexity index is 1340. The molecule has 436 valence electrons. The number of quaternary nitrogens is 4. The first-order valence-corrected chi connectivity index (χ1v) is 28.4. The quantitative estimate of drug-likeness (QED) is 0.0390. The number of aliphatic carboxylic acids is 1. The Kier molecular flexibility index (Phi) is 53.2. The zero-order chi connectivity index (χ0) is 57.1. The van der Waals surface area contributed by atoms with Gasteiger partial charge in [0.25, 0.3) is 0 Å². The molecule has 0 radical (unpaired) electrons. The molecule has 0 rings (SSSR count). The van der Waals surface area contributed by atoms with E-state index in [1.165, 1.54) is 0 Å². The largest absolute Gasteiger partial charge is 0.852 e. The van der Waals surface area contributed by atoms with Gasteiger partial charge in [-0.25, -0.2) is 8.42 Å². The number of nitrogens with zero attached hydrogens (tertiary/aromatic N) is 4. The van der Waals surface area contributed by atoms with Gasteiger partial charge in [-0.05, 0) is 69.2 Å². The molecule has 0 bridgehead atoms. The van der Waals surface area contributed by atoms with E-state index in [0.717, 1.165) is 35.2 Å². The van der Waals surface area contributed by atoms with Crippen molar-refractivity contribution in [3.8, 4) is 0 Å². The Hall–Kier alpha value is -0.950. The standard InChI is InChI=1S/C11H26NO4P.C10H21NO3.C9H21NO4S.C8H20NO.C8H18O3.C3H7O/c1-11(2)15-8-9-16-17(13,14)10-6-7-12(3,4)5;1-9(2)14-8-7-11(3,4)6-5-10(12)13;1-9(2)14-7-5-10(3,4)6-8-15(11,12)13;1-8(2)10-7-6-9(3,4)5;1-8(2)11-7-6-10-5-4-9-3;1-3(2)4/h11H,6-10H2,1-5H3;9H,5-8H2,1-4H3;9H,5-8H2,1-4H3;8H,6-7H2,1-5H3;8H,4-7H2,1-3H3;3H,1-2H3/q;;;+1;;-1. The summed E-state index contributed by atoms with van der Waals surface area (Å²) in [7, 11) is 14.2. The summed E-state index contributed by atoms with van der Waals surface area (Å²) in [5.41, 5.74) is 0. The third kappa shape index (κ3) is 95.4. The fraction of sp³-hybridized carbons (Fsp3) is 0.980. The summed E-state index contributed by atoms with van der Waals surface area (Å²) < 4.78 is 87.2. The van der Waals surface area contributed by atoms with Crippen molar-refractivity contribution in [3.63, 3.8) is 0 Å². The Balaban J connectivity index is -0.000000184. The number of carboxylic acid groups (broad SMARTS) is 1. The SMILES string of the molecule is CC(C)OCCOP(=O)([O-])CCC[N+](C)(C)C.CC(C)OCC[N+](C)(C)C.CC(C)OCC[N+](C)(C)CCC(=O)[O-].CC(C)OCC[N+](C)(C)CCS(=O)(=O)[O-].CC(C)[O-].COCCOCCOC(C)C. The summed E-state index contributed by atoms with van der Waals surface area (Å²) in [6.07, 6.45) is 1.58. The number of rotatable bonds is 34. The maximum absolute atomic E-state index is 11.5. The third-order valence-corrected chi connectivity index (χ3v) is 10.7. The molecule has 0 aliphatic carbocycles. The molecular formula is C49H113N4O16PS. The normalized spacial score (nSPS) is 13.1. The van der Waals surface area contributed by atoms with Gasteiger partial charge in [0.05, 0.1) is 186 Å². The van der Waals surface area contributed by atoms with Crippen LogP contribution in [0.4, 0.5) is 0 Å². The minimum absolute atomic E-state index is 0.0998. The Morgan fingerprint density at radius 2 is 0.859 bits per heavy atom. The van der Waals surface area contributed by atoms with Crippen LogP contribution in [0.5, 0.6) is 0 Å². The predicted molar refractivity (Wildman–Crippen MR) is 280 cm³/mol. The Morgan fingerprint density at radius 1 is 0.521 bits per heavy atom. The molecule has 0 aliphatic rings. The summed E-state index contributed by atoms with van der Waals surface area (Å²) in [5.74, 6) is -1.30. The van der Waals surface area contributed by atoms with Crippen LogP contribution in [-0.2, 0) is 57.2 Å². The van der Waals surface area contributed by atoms with E-state index in [-0.39, 0.29) is 43.3 Å². The third-order valence-electron chi connectivity index (χ3n) is 8.57. The number of carboxylic acids is 1. The summed E-state index contributed by atoms with van der Waals surface area (Å²) in [6, 6.07) is 0. The lowest BCUT2D eigenvalue weighted by Gasteiger charge is -2.30. The summed E-state index contributed by atoms with van der Waals surface area (Å²) in [5, 5.41) is 19.8. The van der Waals surface area contributed by atoms with Gasteiger partial charge in [0.15, 0.2) is 0 Å². The first-order chi connectivity index (χ1) is 32.0. The van der Waals surface area contributed by atoms with Gasteiger partial charge in [-0.3, -0.25) is 0 Å². The molecule has 0 aromatic heterocycles. The minimum atomic E-state index is -4.11. The van der Waals surface area contributed by atoms with Crippen LogP contribution < -0.4 is 15.1 Å². The number of hydrogen-bond acceptors (Lipinski definition) is 16. The van der Waals surface area contributed by atoms with E-state index in [2.05, 4.69) is 35.0 Å². The van der Waals surface area contributed by atoms with Crippen LogP contribution in [-0.4, -0.2) is 262 Å². The highest BCUT2D eigenvalue weighted by atomic mass is 32.2. The predicted octanol–water partition coefficient (Wildman–Crippen LogP) is 2.69. The fourth-order valence-electron chi connectivity index (χ4n) is 4.46. The smallest absolute Gasteiger partial charge is 0.135 e.